The quantitative estimate of drug-likeness (QED) is 0.845. The van der Waals surface area contributed by atoms with Gasteiger partial charge in [0, 0.05) is 5.56 Å². The summed E-state index contributed by atoms with van der Waals surface area (Å²) in [5.74, 6) is -0.444. The maximum Gasteiger partial charge on any atom is 0.237 e. The number of nitrogens with one attached hydrogen (secondary N) is 1. The lowest BCUT2D eigenvalue weighted by atomic mass is 9.98. The Morgan fingerprint density at radius 3 is 2.56 bits per heavy atom. The van der Waals surface area contributed by atoms with E-state index in [1.807, 2.05) is 13.8 Å². The van der Waals surface area contributed by atoms with Crippen molar-refractivity contribution in [2.75, 3.05) is 0 Å². The number of hydrogen-bond acceptors (Lipinski definition) is 2. The highest BCUT2D eigenvalue weighted by atomic mass is 19.1. The smallest absolute Gasteiger partial charge is 0.237 e. The highest BCUT2D eigenvalue weighted by molar-refractivity contribution is 5.82. The predicted octanol–water partition coefficient (Wildman–Crippen LogP) is 2.38. The number of hydrogen-bond donors (Lipinski definition) is 2. The second kappa shape index (κ2) is 6.50. The third-order valence-electron chi connectivity index (χ3n) is 3.29. The normalized spacial score (nSPS) is 15.8. The van der Waals surface area contributed by atoms with Crippen LogP contribution in [0.4, 0.5) is 4.39 Å². The first kappa shape index (κ1) is 14.6. The molecule has 3 atom stereocenters. The Labute approximate surface area is 108 Å². The van der Waals surface area contributed by atoms with Gasteiger partial charge in [-0.05, 0) is 18.9 Å². The number of halogens is 1. The molecule has 0 aliphatic rings. The van der Waals surface area contributed by atoms with E-state index in [2.05, 4.69) is 5.32 Å². The van der Waals surface area contributed by atoms with Gasteiger partial charge in [0.15, 0.2) is 0 Å². The molecule has 3 N–H and O–H groups in total. The second-order valence-electron chi connectivity index (χ2n) is 4.66. The van der Waals surface area contributed by atoms with Gasteiger partial charge in [-0.3, -0.25) is 4.79 Å². The van der Waals surface area contributed by atoms with Gasteiger partial charge >= 0.3 is 0 Å². The first-order valence-corrected chi connectivity index (χ1v) is 6.27. The molecular formula is C14H21FN2O. The van der Waals surface area contributed by atoms with Gasteiger partial charge in [0.05, 0.1) is 12.1 Å². The largest absolute Gasteiger partial charge is 0.348 e. The molecule has 1 amide bonds. The van der Waals surface area contributed by atoms with Crippen molar-refractivity contribution in [3.05, 3.63) is 35.6 Å². The molecule has 0 saturated heterocycles. The summed E-state index contributed by atoms with van der Waals surface area (Å²) in [6, 6.07) is 5.48. The van der Waals surface area contributed by atoms with Crippen molar-refractivity contribution in [1.82, 2.24) is 5.32 Å². The SMILES string of the molecule is CCC(C)C(N)C(=O)N[C@H](C)c1ccccc1F. The van der Waals surface area contributed by atoms with Crippen molar-refractivity contribution in [2.24, 2.45) is 11.7 Å². The maximum absolute atomic E-state index is 13.5. The van der Waals surface area contributed by atoms with E-state index < -0.39 is 6.04 Å². The zero-order valence-corrected chi connectivity index (χ0v) is 11.1. The average Bonchev–Trinajstić information content (AvgIpc) is 2.37. The second-order valence-corrected chi connectivity index (χ2v) is 4.66. The van der Waals surface area contributed by atoms with E-state index in [1.165, 1.54) is 6.07 Å². The van der Waals surface area contributed by atoms with Crippen LogP contribution in [-0.2, 0) is 4.79 Å². The molecule has 0 spiro atoms. The highest BCUT2D eigenvalue weighted by Gasteiger charge is 2.21. The number of rotatable bonds is 5. The van der Waals surface area contributed by atoms with E-state index in [0.29, 0.717) is 5.56 Å². The number of nitrogens with two attached hydrogens (primary N) is 1. The topological polar surface area (TPSA) is 55.1 Å². The molecule has 0 radical (unpaired) electrons. The summed E-state index contributed by atoms with van der Waals surface area (Å²) in [5, 5.41) is 2.75. The molecule has 0 aliphatic heterocycles. The molecule has 0 heterocycles. The Bertz CT molecular complexity index is 409. The lowest BCUT2D eigenvalue weighted by Crippen LogP contribution is -2.45. The molecule has 0 bridgehead atoms. The van der Waals surface area contributed by atoms with E-state index in [-0.39, 0.29) is 23.7 Å². The lowest BCUT2D eigenvalue weighted by Gasteiger charge is -2.21. The van der Waals surface area contributed by atoms with Crippen LogP contribution in [0.5, 0.6) is 0 Å². The Hall–Kier alpha value is -1.42. The zero-order chi connectivity index (χ0) is 13.7. The third-order valence-corrected chi connectivity index (χ3v) is 3.29. The van der Waals surface area contributed by atoms with Crippen LogP contribution in [0.25, 0.3) is 0 Å². The van der Waals surface area contributed by atoms with E-state index in [0.717, 1.165) is 6.42 Å². The first-order chi connectivity index (χ1) is 8.47. The van der Waals surface area contributed by atoms with E-state index in [9.17, 15) is 9.18 Å². The van der Waals surface area contributed by atoms with Crippen molar-refractivity contribution in [1.29, 1.82) is 0 Å². The van der Waals surface area contributed by atoms with Gasteiger partial charge in [0.2, 0.25) is 5.91 Å². The third kappa shape index (κ3) is 3.53. The van der Waals surface area contributed by atoms with Crippen molar-refractivity contribution >= 4 is 5.91 Å². The van der Waals surface area contributed by atoms with Gasteiger partial charge in [-0.15, -0.1) is 0 Å². The molecule has 3 nitrogen and oxygen atoms in total. The van der Waals surface area contributed by atoms with Gasteiger partial charge in [0.25, 0.3) is 0 Å². The van der Waals surface area contributed by atoms with Gasteiger partial charge in [-0.25, -0.2) is 4.39 Å². The summed E-state index contributed by atoms with van der Waals surface area (Å²) in [7, 11) is 0. The molecule has 1 rings (SSSR count). The highest BCUT2D eigenvalue weighted by Crippen LogP contribution is 2.16. The molecule has 0 saturated carbocycles. The molecule has 0 aromatic heterocycles. The van der Waals surface area contributed by atoms with E-state index in [1.54, 1.807) is 25.1 Å². The summed E-state index contributed by atoms with van der Waals surface area (Å²) in [4.78, 5) is 11.9. The van der Waals surface area contributed by atoms with Gasteiger partial charge in [-0.2, -0.15) is 0 Å². The molecule has 100 valence electrons. The molecule has 4 heteroatoms. The van der Waals surface area contributed by atoms with Crippen molar-refractivity contribution in [3.8, 4) is 0 Å². The first-order valence-electron chi connectivity index (χ1n) is 6.27. The molecule has 1 aromatic carbocycles. The molecule has 0 fully saturated rings. The van der Waals surface area contributed by atoms with Crippen LogP contribution in [0.15, 0.2) is 24.3 Å². The van der Waals surface area contributed by atoms with Gasteiger partial charge in [0.1, 0.15) is 5.82 Å². The van der Waals surface area contributed by atoms with E-state index >= 15 is 0 Å². The van der Waals surface area contributed by atoms with Crippen LogP contribution in [0.1, 0.15) is 38.8 Å². The number of carbonyl (C=O) groups is 1. The summed E-state index contributed by atoms with van der Waals surface area (Å²) >= 11 is 0. The van der Waals surface area contributed by atoms with Crippen LogP contribution in [0, 0.1) is 11.7 Å². The predicted molar refractivity (Wildman–Crippen MR) is 70.4 cm³/mol. The van der Waals surface area contributed by atoms with Crippen LogP contribution < -0.4 is 11.1 Å². The van der Waals surface area contributed by atoms with Crippen molar-refractivity contribution in [2.45, 2.75) is 39.3 Å². The van der Waals surface area contributed by atoms with Crippen molar-refractivity contribution in [3.63, 3.8) is 0 Å². The maximum atomic E-state index is 13.5. The fraction of sp³-hybridized carbons (Fsp3) is 0.500. The Kier molecular flexibility index (Phi) is 5.28. The average molecular weight is 252 g/mol. The molecular weight excluding hydrogens is 231 g/mol. The molecule has 2 unspecified atom stereocenters. The Morgan fingerprint density at radius 1 is 1.39 bits per heavy atom. The molecule has 0 aliphatic carbocycles. The lowest BCUT2D eigenvalue weighted by molar-refractivity contribution is -0.124. The number of carbonyl (C=O) groups excluding carboxylic acids is 1. The Balaban J connectivity index is 2.68. The van der Waals surface area contributed by atoms with Gasteiger partial charge < -0.3 is 11.1 Å². The van der Waals surface area contributed by atoms with E-state index in [4.69, 9.17) is 5.73 Å². The van der Waals surface area contributed by atoms with Crippen LogP contribution in [-0.4, -0.2) is 11.9 Å². The minimum absolute atomic E-state index is 0.109. The number of benzene rings is 1. The standard InChI is InChI=1S/C14H21FN2O/c1-4-9(2)13(16)14(18)17-10(3)11-7-5-6-8-12(11)15/h5-10,13H,4,16H2,1-3H3,(H,17,18)/t9?,10-,13?/m1/s1. The van der Waals surface area contributed by atoms with Crippen molar-refractivity contribution < 1.29 is 9.18 Å². The zero-order valence-electron chi connectivity index (χ0n) is 11.1. The van der Waals surface area contributed by atoms with Crippen LogP contribution >= 0.6 is 0 Å². The summed E-state index contributed by atoms with van der Waals surface area (Å²) in [6.07, 6.45) is 0.836. The fourth-order valence-corrected chi connectivity index (χ4v) is 1.73. The molecule has 18 heavy (non-hydrogen) atoms. The monoisotopic (exact) mass is 252 g/mol. The Morgan fingerprint density at radius 2 is 2.00 bits per heavy atom. The number of amides is 1. The summed E-state index contributed by atoms with van der Waals surface area (Å²) in [6.45, 7) is 5.66. The fourth-order valence-electron chi connectivity index (χ4n) is 1.73. The summed E-state index contributed by atoms with van der Waals surface area (Å²) < 4.78 is 13.5. The van der Waals surface area contributed by atoms with Gasteiger partial charge in [-0.1, -0.05) is 38.5 Å². The van der Waals surface area contributed by atoms with Crippen LogP contribution in [0.2, 0.25) is 0 Å². The summed E-state index contributed by atoms with van der Waals surface area (Å²) in [5.41, 5.74) is 6.30. The minimum Gasteiger partial charge on any atom is -0.348 e. The van der Waals surface area contributed by atoms with Crippen LogP contribution in [0.3, 0.4) is 0 Å². The minimum atomic E-state index is -0.552. The molecule has 1 aromatic rings.